The van der Waals surface area contributed by atoms with Crippen molar-refractivity contribution in [1.82, 2.24) is 9.97 Å². The minimum absolute atomic E-state index is 0.266. The zero-order valence-corrected chi connectivity index (χ0v) is 15.6. The number of rotatable bonds is 4. The second-order valence-corrected chi connectivity index (χ2v) is 7.77. The first-order valence-electron chi connectivity index (χ1n) is 8.52. The molecule has 2 aliphatic heterocycles. The largest absolute Gasteiger partial charge is 0.484 e. The molecule has 7 nitrogen and oxygen atoms in total. The number of fused-ring (bicyclic) bond motifs is 2. The van der Waals surface area contributed by atoms with Gasteiger partial charge in [0, 0.05) is 5.69 Å². The van der Waals surface area contributed by atoms with E-state index in [2.05, 4.69) is 15.3 Å². The number of hydrogen-bond donors (Lipinski definition) is 2. The summed E-state index contributed by atoms with van der Waals surface area (Å²) >= 11 is 7.99. The van der Waals surface area contributed by atoms with Crippen LogP contribution < -0.4 is 10.1 Å². The molecule has 140 valence electrons. The molecule has 2 saturated heterocycles. The minimum atomic E-state index is -0.604. The average Bonchev–Trinajstić information content (AvgIpc) is 3.37. The maximum Gasteiger partial charge on any atom is 0.151 e. The number of ether oxygens (including phenoxy) is 3. The average molecular weight is 406 g/mol. The molecule has 0 unspecified atom stereocenters. The molecule has 2 aromatic heterocycles. The predicted molar refractivity (Wildman–Crippen MR) is 102 cm³/mol. The monoisotopic (exact) mass is 405 g/mol. The van der Waals surface area contributed by atoms with Crippen molar-refractivity contribution in [3.05, 3.63) is 41.0 Å². The molecule has 1 aromatic carbocycles. The van der Waals surface area contributed by atoms with Gasteiger partial charge < -0.3 is 24.6 Å². The van der Waals surface area contributed by atoms with Crippen LogP contribution in [0.25, 0.3) is 10.2 Å². The fraction of sp³-hybridized carbons (Fsp3) is 0.333. The first kappa shape index (κ1) is 17.2. The smallest absolute Gasteiger partial charge is 0.151 e. The summed E-state index contributed by atoms with van der Waals surface area (Å²) in [6, 6.07) is 7.42. The molecule has 0 aliphatic carbocycles. The van der Waals surface area contributed by atoms with Crippen molar-refractivity contribution in [3.8, 4) is 5.75 Å². The van der Waals surface area contributed by atoms with Gasteiger partial charge in [0.25, 0.3) is 0 Å². The van der Waals surface area contributed by atoms with Gasteiger partial charge in [-0.3, -0.25) is 0 Å². The minimum Gasteiger partial charge on any atom is -0.484 e. The third-order valence-electron chi connectivity index (χ3n) is 4.70. The highest BCUT2D eigenvalue weighted by molar-refractivity contribution is 7.17. The number of aromatic nitrogens is 2. The van der Waals surface area contributed by atoms with Crippen molar-refractivity contribution in [3.63, 3.8) is 0 Å². The number of anilines is 2. The topological polar surface area (TPSA) is 85.7 Å². The lowest BCUT2D eigenvalue weighted by atomic mass is 10.1. The number of halogens is 1. The molecule has 0 bridgehead atoms. The van der Waals surface area contributed by atoms with E-state index in [1.54, 1.807) is 23.5 Å². The van der Waals surface area contributed by atoms with Crippen LogP contribution in [0, 0.1) is 0 Å². The lowest BCUT2D eigenvalue weighted by molar-refractivity contribution is 0.00865. The normalized spacial score (nSPS) is 27.0. The lowest BCUT2D eigenvalue weighted by Gasteiger charge is -2.19. The van der Waals surface area contributed by atoms with Gasteiger partial charge in [0.2, 0.25) is 0 Å². The highest BCUT2D eigenvalue weighted by Gasteiger charge is 2.48. The van der Waals surface area contributed by atoms with Crippen molar-refractivity contribution in [1.29, 1.82) is 0 Å². The van der Waals surface area contributed by atoms with Gasteiger partial charge in [-0.15, -0.1) is 11.3 Å². The fourth-order valence-electron chi connectivity index (χ4n) is 3.40. The summed E-state index contributed by atoms with van der Waals surface area (Å²) in [5.41, 5.74) is 1.70. The van der Waals surface area contributed by atoms with Crippen molar-refractivity contribution in [2.24, 2.45) is 0 Å². The Balaban J connectivity index is 1.33. The Labute approximate surface area is 163 Å². The maximum absolute atomic E-state index is 9.82. The Kier molecular flexibility index (Phi) is 4.37. The molecule has 4 atom stereocenters. The molecule has 0 saturated carbocycles. The molecule has 2 N–H and O–H groups in total. The van der Waals surface area contributed by atoms with Gasteiger partial charge in [0.05, 0.1) is 28.5 Å². The summed E-state index contributed by atoms with van der Waals surface area (Å²) in [7, 11) is 0. The zero-order valence-electron chi connectivity index (χ0n) is 14.0. The molecular weight excluding hydrogens is 390 g/mol. The van der Waals surface area contributed by atoms with E-state index in [1.165, 1.54) is 6.33 Å². The van der Waals surface area contributed by atoms with E-state index < -0.39 is 6.10 Å². The third kappa shape index (κ3) is 3.13. The van der Waals surface area contributed by atoms with Crippen LogP contribution in [0.3, 0.4) is 0 Å². The van der Waals surface area contributed by atoms with Gasteiger partial charge >= 0.3 is 0 Å². The van der Waals surface area contributed by atoms with Crippen LogP contribution in [0.15, 0.2) is 36.0 Å². The highest BCUT2D eigenvalue weighted by Crippen LogP contribution is 2.35. The lowest BCUT2D eigenvalue weighted by Crippen LogP contribution is -2.34. The molecule has 2 fully saturated rings. The number of aliphatic hydroxyl groups excluding tert-OH is 1. The van der Waals surface area contributed by atoms with Crippen LogP contribution >= 0.6 is 22.9 Å². The SMILES string of the molecule is O[C@H]1CO[C@H]2[C@@H]1OC[C@@H]2Oc1ccc(Nc2ncnc3ccsc23)cc1Cl. The van der Waals surface area contributed by atoms with Crippen molar-refractivity contribution < 1.29 is 19.3 Å². The van der Waals surface area contributed by atoms with Crippen LogP contribution in [-0.4, -0.2) is 52.7 Å². The fourth-order valence-corrected chi connectivity index (χ4v) is 4.41. The van der Waals surface area contributed by atoms with Gasteiger partial charge in [-0.1, -0.05) is 11.6 Å². The highest BCUT2D eigenvalue weighted by atomic mass is 35.5. The molecule has 0 spiro atoms. The van der Waals surface area contributed by atoms with Gasteiger partial charge in [-0.05, 0) is 29.6 Å². The van der Waals surface area contributed by atoms with Crippen LogP contribution in [0.1, 0.15) is 0 Å². The van der Waals surface area contributed by atoms with E-state index in [0.717, 1.165) is 21.7 Å². The summed E-state index contributed by atoms with van der Waals surface area (Å²) in [5, 5.41) is 15.5. The summed E-state index contributed by atoms with van der Waals surface area (Å²) in [4.78, 5) is 8.55. The molecule has 5 rings (SSSR count). The van der Waals surface area contributed by atoms with E-state index in [4.69, 9.17) is 25.8 Å². The first-order valence-corrected chi connectivity index (χ1v) is 9.77. The number of nitrogens with zero attached hydrogens (tertiary/aromatic N) is 2. The molecule has 0 radical (unpaired) electrons. The van der Waals surface area contributed by atoms with Crippen LogP contribution in [0.2, 0.25) is 5.02 Å². The van der Waals surface area contributed by atoms with E-state index in [0.29, 0.717) is 17.4 Å². The summed E-state index contributed by atoms with van der Waals surface area (Å²) < 4.78 is 18.1. The summed E-state index contributed by atoms with van der Waals surface area (Å²) in [5.74, 6) is 1.28. The van der Waals surface area contributed by atoms with Gasteiger partial charge in [0.1, 0.15) is 30.4 Å². The Bertz CT molecular complexity index is 984. The third-order valence-corrected chi connectivity index (χ3v) is 5.90. The van der Waals surface area contributed by atoms with Crippen molar-refractivity contribution in [2.75, 3.05) is 18.5 Å². The number of benzene rings is 1. The number of aliphatic hydroxyl groups is 1. The van der Waals surface area contributed by atoms with E-state index >= 15 is 0 Å². The standard InChI is InChI=1S/C18H16ClN3O4S/c19-10-5-9(22-18-17-11(3-4-27-17)20-8-21-18)1-2-13(10)26-14-7-25-15-12(23)6-24-16(14)15/h1-5,8,12,14-16,23H,6-7H2,(H,20,21,22)/t12-,14-,15+,16+/m0/s1. The molecule has 3 aromatic rings. The van der Waals surface area contributed by atoms with Crippen molar-refractivity contribution >= 4 is 44.7 Å². The molecule has 2 aliphatic rings. The first-order chi connectivity index (χ1) is 13.2. The van der Waals surface area contributed by atoms with E-state index in [9.17, 15) is 5.11 Å². The summed E-state index contributed by atoms with van der Waals surface area (Å²) in [6.45, 7) is 0.627. The Morgan fingerprint density at radius 3 is 2.96 bits per heavy atom. The Hall–Kier alpha value is -1.97. The quantitative estimate of drug-likeness (QED) is 0.690. The number of nitrogens with one attached hydrogen (secondary N) is 1. The molecule has 0 amide bonds. The van der Waals surface area contributed by atoms with Crippen molar-refractivity contribution in [2.45, 2.75) is 24.4 Å². The van der Waals surface area contributed by atoms with Gasteiger partial charge in [-0.2, -0.15) is 0 Å². The Morgan fingerprint density at radius 1 is 1.19 bits per heavy atom. The molecule has 9 heteroatoms. The second kappa shape index (κ2) is 6.88. The molecule has 27 heavy (non-hydrogen) atoms. The Morgan fingerprint density at radius 2 is 2.07 bits per heavy atom. The second-order valence-electron chi connectivity index (χ2n) is 6.45. The van der Waals surface area contributed by atoms with E-state index in [1.807, 2.05) is 17.5 Å². The van der Waals surface area contributed by atoms with Crippen LogP contribution in [0.4, 0.5) is 11.5 Å². The summed E-state index contributed by atoms with van der Waals surface area (Å²) in [6.07, 6.45) is 0.0228. The maximum atomic E-state index is 9.82. The van der Waals surface area contributed by atoms with E-state index in [-0.39, 0.29) is 24.9 Å². The van der Waals surface area contributed by atoms with Gasteiger partial charge in [-0.25, -0.2) is 9.97 Å². The molecular formula is C18H16ClN3O4S. The predicted octanol–water partition coefficient (Wildman–Crippen LogP) is 2.99. The van der Waals surface area contributed by atoms with Crippen LogP contribution in [0.5, 0.6) is 5.75 Å². The molecule has 4 heterocycles. The van der Waals surface area contributed by atoms with Crippen LogP contribution in [-0.2, 0) is 9.47 Å². The van der Waals surface area contributed by atoms with Gasteiger partial charge in [0.15, 0.2) is 11.9 Å². The number of hydrogen-bond acceptors (Lipinski definition) is 8. The zero-order chi connectivity index (χ0) is 18.4. The number of thiophene rings is 1.